The molecule has 2 N–H and O–H groups in total. The highest BCUT2D eigenvalue weighted by Crippen LogP contribution is 2.29. The molecular weight excluding hydrogens is 240 g/mol. The van der Waals surface area contributed by atoms with Crippen LogP contribution in [-0.4, -0.2) is 0 Å². The lowest BCUT2D eigenvalue weighted by molar-refractivity contribution is 0.520. The summed E-state index contributed by atoms with van der Waals surface area (Å²) in [7, 11) is 0. The minimum absolute atomic E-state index is 0.224. The van der Waals surface area contributed by atoms with Gasteiger partial charge in [0, 0.05) is 11.6 Å². The maximum Gasteiger partial charge on any atom is 0.140 e. The average Bonchev–Trinajstić information content (AvgIpc) is 1.94. The summed E-state index contributed by atoms with van der Waals surface area (Å²) in [6, 6.07) is 2.05. The fourth-order valence-corrected chi connectivity index (χ4v) is 1.76. The van der Waals surface area contributed by atoms with Crippen LogP contribution in [0, 0.1) is 11.6 Å². The van der Waals surface area contributed by atoms with Gasteiger partial charge in [-0.25, -0.2) is 8.78 Å². The number of halogens is 3. The van der Waals surface area contributed by atoms with Crippen LogP contribution in [-0.2, 0) is 5.54 Å². The summed E-state index contributed by atoms with van der Waals surface area (Å²) in [6.07, 6.45) is 0. The molecule has 13 heavy (non-hydrogen) atoms. The van der Waals surface area contributed by atoms with Gasteiger partial charge in [0.05, 0.1) is 4.47 Å². The van der Waals surface area contributed by atoms with Crippen molar-refractivity contribution in [3.05, 3.63) is 33.8 Å². The van der Waals surface area contributed by atoms with Crippen molar-refractivity contribution in [1.29, 1.82) is 0 Å². The molecular formula is C9H10BrF2N. The van der Waals surface area contributed by atoms with E-state index in [0.717, 1.165) is 6.07 Å². The maximum atomic E-state index is 13.0. The Kier molecular flexibility index (Phi) is 2.73. The van der Waals surface area contributed by atoms with E-state index in [9.17, 15) is 8.78 Å². The van der Waals surface area contributed by atoms with Gasteiger partial charge in [0.15, 0.2) is 0 Å². The quantitative estimate of drug-likeness (QED) is 0.762. The van der Waals surface area contributed by atoms with Crippen molar-refractivity contribution in [1.82, 2.24) is 0 Å². The van der Waals surface area contributed by atoms with E-state index in [-0.39, 0.29) is 4.47 Å². The van der Waals surface area contributed by atoms with E-state index in [0.29, 0.717) is 5.56 Å². The Morgan fingerprint density at radius 1 is 1.31 bits per heavy atom. The van der Waals surface area contributed by atoms with Gasteiger partial charge < -0.3 is 5.73 Å². The fraction of sp³-hybridized carbons (Fsp3) is 0.333. The Labute approximate surface area is 84.1 Å². The van der Waals surface area contributed by atoms with Crippen molar-refractivity contribution in [3.8, 4) is 0 Å². The number of hydrogen-bond donors (Lipinski definition) is 1. The van der Waals surface area contributed by atoms with E-state index in [2.05, 4.69) is 15.9 Å². The highest BCUT2D eigenvalue weighted by molar-refractivity contribution is 9.10. The molecule has 72 valence electrons. The van der Waals surface area contributed by atoms with E-state index in [1.54, 1.807) is 13.8 Å². The van der Waals surface area contributed by atoms with Crippen LogP contribution in [0.3, 0.4) is 0 Å². The molecule has 0 spiro atoms. The van der Waals surface area contributed by atoms with Crippen LogP contribution in [0.2, 0.25) is 0 Å². The van der Waals surface area contributed by atoms with Gasteiger partial charge in [-0.1, -0.05) is 0 Å². The lowest BCUT2D eigenvalue weighted by Gasteiger charge is -2.21. The molecule has 1 aromatic rings. The van der Waals surface area contributed by atoms with Gasteiger partial charge in [0.25, 0.3) is 0 Å². The van der Waals surface area contributed by atoms with E-state index in [1.165, 1.54) is 6.07 Å². The summed E-state index contributed by atoms with van der Waals surface area (Å²) >= 11 is 3.03. The summed E-state index contributed by atoms with van der Waals surface area (Å²) < 4.78 is 26.1. The normalized spacial score (nSPS) is 11.8. The largest absolute Gasteiger partial charge is 0.322 e. The van der Waals surface area contributed by atoms with Gasteiger partial charge in [-0.3, -0.25) is 0 Å². The van der Waals surface area contributed by atoms with Crippen molar-refractivity contribution in [2.75, 3.05) is 0 Å². The van der Waals surface area contributed by atoms with Crippen LogP contribution < -0.4 is 5.73 Å². The average molecular weight is 250 g/mol. The first kappa shape index (κ1) is 10.6. The molecule has 0 aromatic heterocycles. The predicted molar refractivity (Wildman–Crippen MR) is 51.3 cm³/mol. The van der Waals surface area contributed by atoms with Gasteiger partial charge in [-0.15, -0.1) is 0 Å². The molecule has 0 aliphatic carbocycles. The lowest BCUT2D eigenvalue weighted by atomic mass is 9.95. The minimum Gasteiger partial charge on any atom is -0.322 e. The Balaban J connectivity index is 3.37. The first-order valence-electron chi connectivity index (χ1n) is 3.76. The topological polar surface area (TPSA) is 26.0 Å². The monoisotopic (exact) mass is 249 g/mol. The van der Waals surface area contributed by atoms with E-state index in [1.807, 2.05) is 0 Å². The van der Waals surface area contributed by atoms with Crippen LogP contribution in [0.5, 0.6) is 0 Å². The molecule has 0 atom stereocenters. The first-order valence-corrected chi connectivity index (χ1v) is 4.55. The first-order chi connectivity index (χ1) is 5.82. The third-order valence-electron chi connectivity index (χ3n) is 1.69. The number of benzene rings is 1. The minimum atomic E-state index is -0.762. The van der Waals surface area contributed by atoms with Crippen LogP contribution in [0.15, 0.2) is 16.6 Å². The Morgan fingerprint density at radius 3 is 2.31 bits per heavy atom. The summed E-state index contributed by atoms with van der Waals surface area (Å²) in [4.78, 5) is 0. The molecule has 1 rings (SSSR count). The Hall–Kier alpha value is -0.480. The van der Waals surface area contributed by atoms with Gasteiger partial charge in [0.1, 0.15) is 11.6 Å². The Bertz CT molecular complexity index is 331. The zero-order chi connectivity index (χ0) is 10.2. The molecule has 0 amide bonds. The van der Waals surface area contributed by atoms with Crippen LogP contribution in [0.4, 0.5) is 8.78 Å². The molecule has 0 radical (unpaired) electrons. The fourth-order valence-electron chi connectivity index (χ4n) is 1.02. The highest BCUT2D eigenvalue weighted by Gasteiger charge is 2.20. The molecule has 0 unspecified atom stereocenters. The van der Waals surface area contributed by atoms with Gasteiger partial charge in [0.2, 0.25) is 0 Å². The van der Waals surface area contributed by atoms with Crippen LogP contribution in [0.1, 0.15) is 19.4 Å². The third-order valence-corrected chi connectivity index (χ3v) is 2.49. The zero-order valence-corrected chi connectivity index (χ0v) is 8.95. The van der Waals surface area contributed by atoms with Crippen molar-refractivity contribution in [3.63, 3.8) is 0 Å². The smallest absolute Gasteiger partial charge is 0.140 e. The molecule has 4 heteroatoms. The number of rotatable bonds is 1. The highest BCUT2D eigenvalue weighted by atomic mass is 79.9. The zero-order valence-electron chi connectivity index (χ0n) is 7.37. The molecule has 0 saturated heterocycles. The van der Waals surface area contributed by atoms with Crippen molar-refractivity contribution < 1.29 is 8.78 Å². The molecule has 0 bridgehead atoms. The SMILES string of the molecule is CC(C)(N)c1cc(F)cc(F)c1Br. The molecule has 0 fully saturated rings. The van der Waals surface area contributed by atoms with Crippen LogP contribution in [0.25, 0.3) is 0 Å². The van der Waals surface area contributed by atoms with Crippen molar-refractivity contribution >= 4 is 15.9 Å². The Morgan fingerprint density at radius 2 is 1.85 bits per heavy atom. The molecule has 1 nitrogen and oxygen atoms in total. The van der Waals surface area contributed by atoms with E-state index >= 15 is 0 Å². The molecule has 0 heterocycles. The van der Waals surface area contributed by atoms with Gasteiger partial charge in [-0.2, -0.15) is 0 Å². The van der Waals surface area contributed by atoms with Gasteiger partial charge >= 0.3 is 0 Å². The summed E-state index contributed by atoms with van der Waals surface area (Å²) in [5.41, 5.74) is 5.39. The lowest BCUT2D eigenvalue weighted by Crippen LogP contribution is -2.29. The third kappa shape index (κ3) is 2.25. The number of hydrogen-bond acceptors (Lipinski definition) is 1. The summed E-state index contributed by atoms with van der Waals surface area (Å²) in [5.74, 6) is -1.25. The van der Waals surface area contributed by atoms with E-state index < -0.39 is 17.2 Å². The van der Waals surface area contributed by atoms with Crippen molar-refractivity contribution in [2.45, 2.75) is 19.4 Å². The molecule has 1 aromatic carbocycles. The second-order valence-corrected chi connectivity index (χ2v) is 4.26. The molecule has 0 saturated carbocycles. The maximum absolute atomic E-state index is 13.0. The van der Waals surface area contributed by atoms with Crippen molar-refractivity contribution in [2.24, 2.45) is 5.73 Å². The van der Waals surface area contributed by atoms with Gasteiger partial charge in [-0.05, 0) is 41.4 Å². The second-order valence-electron chi connectivity index (χ2n) is 3.47. The standard InChI is InChI=1S/C9H10BrF2N/c1-9(2,13)6-3-5(11)4-7(12)8(6)10/h3-4H,13H2,1-2H3. The second kappa shape index (κ2) is 3.35. The molecule has 0 aliphatic heterocycles. The number of nitrogens with two attached hydrogens (primary N) is 1. The predicted octanol–water partition coefficient (Wildman–Crippen LogP) is 2.92. The van der Waals surface area contributed by atoms with E-state index in [4.69, 9.17) is 5.73 Å². The summed E-state index contributed by atoms with van der Waals surface area (Å²) in [6.45, 7) is 3.37. The van der Waals surface area contributed by atoms with Crippen LogP contribution >= 0.6 is 15.9 Å². The molecule has 0 aliphatic rings. The summed E-state index contributed by atoms with van der Waals surface area (Å²) in [5, 5.41) is 0.